The van der Waals surface area contributed by atoms with Crippen molar-refractivity contribution >= 4 is 11.9 Å². The maximum absolute atomic E-state index is 13.4. The van der Waals surface area contributed by atoms with Crippen molar-refractivity contribution in [1.82, 2.24) is 4.90 Å². The van der Waals surface area contributed by atoms with Crippen LogP contribution in [0.25, 0.3) is 0 Å². The van der Waals surface area contributed by atoms with Gasteiger partial charge in [-0.1, -0.05) is 75.2 Å². The van der Waals surface area contributed by atoms with Crippen molar-refractivity contribution in [2.24, 2.45) is 0 Å². The second-order valence-corrected chi connectivity index (χ2v) is 11.1. The minimum Gasteiger partial charge on any atom is -0.487 e. The van der Waals surface area contributed by atoms with Crippen LogP contribution in [0.4, 0.5) is 0 Å². The summed E-state index contributed by atoms with van der Waals surface area (Å²) < 4.78 is 6.48. The number of ether oxygens (including phenoxy) is 1. The number of fused-ring (bicyclic) bond motifs is 1. The highest BCUT2D eigenvalue weighted by Gasteiger charge is 2.32. The highest BCUT2D eigenvalue weighted by atomic mass is 16.5. The predicted molar refractivity (Wildman–Crippen MR) is 155 cm³/mol. The summed E-state index contributed by atoms with van der Waals surface area (Å²) in [6.07, 6.45) is 8.01. The molecule has 5 heteroatoms. The third-order valence-corrected chi connectivity index (χ3v) is 7.56. The first-order valence-electron chi connectivity index (χ1n) is 14.3. The fraction of sp³-hybridized carbons (Fsp3) is 0.412. The van der Waals surface area contributed by atoms with Crippen molar-refractivity contribution in [3.63, 3.8) is 0 Å². The van der Waals surface area contributed by atoms with Gasteiger partial charge in [0.1, 0.15) is 17.9 Å². The average Bonchev–Trinajstić information content (AvgIpc) is 2.92. The summed E-state index contributed by atoms with van der Waals surface area (Å²) in [5.41, 5.74) is 5.97. The lowest BCUT2D eigenvalue weighted by Gasteiger charge is -2.36. The molecular weight excluding hydrogens is 486 g/mol. The summed E-state index contributed by atoms with van der Waals surface area (Å²) in [7, 11) is 0. The van der Waals surface area contributed by atoms with Crippen molar-refractivity contribution in [3.05, 3.63) is 100 Å². The van der Waals surface area contributed by atoms with E-state index in [1.807, 2.05) is 24.3 Å². The van der Waals surface area contributed by atoms with Crippen LogP contribution in [-0.4, -0.2) is 34.0 Å². The lowest BCUT2D eigenvalue weighted by Crippen LogP contribution is -2.39. The number of aliphatic carboxylic acids is 1. The smallest absolute Gasteiger partial charge is 0.323 e. The van der Waals surface area contributed by atoms with Crippen LogP contribution in [0, 0.1) is 0 Å². The lowest BCUT2D eigenvalue weighted by atomic mass is 9.86. The van der Waals surface area contributed by atoms with Gasteiger partial charge in [0.05, 0.1) is 0 Å². The molecule has 1 N–H and O–H groups in total. The summed E-state index contributed by atoms with van der Waals surface area (Å²) in [5.74, 6) is -0.506. The zero-order chi connectivity index (χ0) is 27.8. The quantitative estimate of drug-likeness (QED) is 0.274. The first-order chi connectivity index (χ1) is 18.8. The summed E-state index contributed by atoms with van der Waals surface area (Å²) in [5, 5.41) is 9.50. The Morgan fingerprint density at radius 1 is 0.872 bits per heavy atom. The van der Waals surface area contributed by atoms with E-state index < -0.39 is 5.97 Å². The molecule has 0 fully saturated rings. The van der Waals surface area contributed by atoms with Crippen LogP contribution < -0.4 is 4.74 Å². The summed E-state index contributed by atoms with van der Waals surface area (Å²) in [6, 6.07) is 22.4. The first-order valence-corrected chi connectivity index (χ1v) is 14.3. The molecule has 206 valence electrons. The molecule has 1 atom stereocenters. The number of carbonyl (C=O) groups is 2. The molecule has 4 rings (SSSR count). The zero-order valence-electron chi connectivity index (χ0n) is 23.5. The highest BCUT2D eigenvalue weighted by Crippen LogP contribution is 2.36. The Balaban J connectivity index is 1.45. The number of hydrogen-bond donors (Lipinski definition) is 1. The van der Waals surface area contributed by atoms with Crippen LogP contribution in [0.5, 0.6) is 5.75 Å². The molecule has 1 aliphatic heterocycles. The van der Waals surface area contributed by atoms with E-state index in [4.69, 9.17) is 4.74 Å². The van der Waals surface area contributed by atoms with Gasteiger partial charge in [-0.3, -0.25) is 9.59 Å². The molecule has 0 saturated carbocycles. The SMILES string of the molecule is CCCCc1ccc(CN(CC(=O)O)C(=O)c2ccc3c(c2)CCC(C)(Cc2ccc(CCC)cc2)O3)cc1. The van der Waals surface area contributed by atoms with Crippen LogP contribution in [0.3, 0.4) is 0 Å². The van der Waals surface area contributed by atoms with Crippen molar-refractivity contribution in [2.45, 2.75) is 84.3 Å². The Morgan fingerprint density at radius 3 is 2.15 bits per heavy atom. The Labute approximate surface area is 232 Å². The van der Waals surface area contributed by atoms with Gasteiger partial charge in [-0.2, -0.15) is 0 Å². The van der Waals surface area contributed by atoms with E-state index in [1.54, 1.807) is 6.07 Å². The number of carbonyl (C=O) groups excluding carboxylic acids is 1. The van der Waals surface area contributed by atoms with Crippen molar-refractivity contribution < 1.29 is 19.4 Å². The van der Waals surface area contributed by atoms with Crippen LogP contribution in [0.2, 0.25) is 0 Å². The second-order valence-electron chi connectivity index (χ2n) is 11.1. The lowest BCUT2D eigenvalue weighted by molar-refractivity contribution is -0.137. The molecule has 1 aliphatic rings. The van der Waals surface area contributed by atoms with Crippen LogP contribution in [-0.2, 0) is 37.0 Å². The van der Waals surface area contributed by atoms with Crippen molar-refractivity contribution in [2.75, 3.05) is 6.54 Å². The van der Waals surface area contributed by atoms with Gasteiger partial charge >= 0.3 is 5.97 Å². The largest absolute Gasteiger partial charge is 0.487 e. The average molecular weight is 528 g/mol. The van der Waals surface area contributed by atoms with E-state index in [0.29, 0.717) is 5.56 Å². The van der Waals surface area contributed by atoms with E-state index in [9.17, 15) is 14.7 Å². The molecule has 0 aromatic heterocycles. The second kappa shape index (κ2) is 13.0. The fourth-order valence-electron chi connectivity index (χ4n) is 5.35. The van der Waals surface area contributed by atoms with Crippen molar-refractivity contribution in [3.8, 4) is 5.75 Å². The Kier molecular flexibility index (Phi) is 9.45. The molecular formula is C34H41NO4. The van der Waals surface area contributed by atoms with Gasteiger partial charge in [0, 0.05) is 18.5 Å². The van der Waals surface area contributed by atoms with Gasteiger partial charge in [0.25, 0.3) is 5.91 Å². The summed E-state index contributed by atoms with van der Waals surface area (Å²) >= 11 is 0. The molecule has 0 saturated heterocycles. The van der Waals surface area contributed by atoms with E-state index in [2.05, 4.69) is 57.2 Å². The Bertz CT molecular complexity index is 1270. The van der Waals surface area contributed by atoms with Gasteiger partial charge < -0.3 is 14.7 Å². The normalized spacial score (nSPS) is 16.3. The maximum atomic E-state index is 13.4. The minimum atomic E-state index is -1.03. The fourth-order valence-corrected chi connectivity index (χ4v) is 5.35. The molecule has 0 radical (unpaired) electrons. The third-order valence-electron chi connectivity index (χ3n) is 7.56. The Morgan fingerprint density at radius 2 is 1.51 bits per heavy atom. The topological polar surface area (TPSA) is 66.8 Å². The third kappa shape index (κ3) is 7.72. The molecule has 0 bridgehead atoms. The molecule has 39 heavy (non-hydrogen) atoms. The van der Waals surface area contributed by atoms with E-state index >= 15 is 0 Å². The van der Waals surface area contributed by atoms with Crippen molar-refractivity contribution in [1.29, 1.82) is 0 Å². The first kappa shape index (κ1) is 28.4. The number of benzene rings is 3. The van der Waals surface area contributed by atoms with Gasteiger partial charge in [-0.05, 0) is 85.0 Å². The van der Waals surface area contributed by atoms with E-state index in [1.165, 1.54) is 21.6 Å². The number of carboxylic acids is 1. The molecule has 1 heterocycles. The van der Waals surface area contributed by atoms with E-state index in [-0.39, 0.29) is 24.6 Å². The molecule has 1 amide bonds. The van der Waals surface area contributed by atoms with Crippen LogP contribution in [0.15, 0.2) is 66.7 Å². The summed E-state index contributed by atoms with van der Waals surface area (Å²) in [4.78, 5) is 26.4. The maximum Gasteiger partial charge on any atom is 0.323 e. The van der Waals surface area contributed by atoms with Gasteiger partial charge in [0.2, 0.25) is 0 Å². The number of rotatable bonds is 12. The molecule has 1 unspecified atom stereocenters. The van der Waals surface area contributed by atoms with Gasteiger partial charge in [0.15, 0.2) is 0 Å². The monoisotopic (exact) mass is 527 g/mol. The molecule has 0 spiro atoms. The zero-order valence-corrected chi connectivity index (χ0v) is 23.5. The number of nitrogens with zero attached hydrogens (tertiary/aromatic N) is 1. The molecule has 5 nitrogen and oxygen atoms in total. The predicted octanol–water partition coefficient (Wildman–Crippen LogP) is 7.04. The number of hydrogen-bond acceptors (Lipinski definition) is 3. The van der Waals surface area contributed by atoms with Gasteiger partial charge in [-0.15, -0.1) is 0 Å². The van der Waals surface area contributed by atoms with Crippen LogP contribution >= 0.6 is 0 Å². The standard InChI is InChI=1S/C34H41NO4/c1-4-6-8-26-11-15-28(16-12-26)23-35(24-32(36)37)33(38)30-17-18-31-29(21-30)19-20-34(3,39-31)22-27-13-9-25(7-5-2)10-14-27/h9-18,21H,4-8,19-20,22-24H2,1-3H3,(H,36,37). The molecule has 3 aromatic rings. The summed E-state index contributed by atoms with van der Waals surface area (Å²) in [6.45, 7) is 6.42. The number of unbranched alkanes of at least 4 members (excludes halogenated alkanes) is 1. The number of aryl methyl sites for hydroxylation is 3. The van der Waals surface area contributed by atoms with E-state index in [0.717, 1.165) is 68.2 Å². The van der Waals surface area contributed by atoms with Crippen LogP contribution in [0.1, 0.15) is 84.6 Å². The number of carboxylic acid groups (broad SMARTS) is 1. The molecule has 3 aromatic carbocycles. The van der Waals surface area contributed by atoms with Gasteiger partial charge in [-0.25, -0.2) is 0 Å². The minimum absolute atomic E-state index is 0.252. The molecule has 0 aliphatic carbocycles. The number of amides is 1. The highest BCUT2D eigenvalue weighted by molar-refractivity contribution is 5.96. The Hall–Kier alpha value is -3.60.